The van der Waals surface area contributed by atoms with Gasteiger partial charge in [0.1, 0.15) is 11.0 Å². The number of hydrogen-bond acceptors (Lipinski definition) is 4. The van der Waals surface area contributed by atoms with E-state index in [-0.39, 0.29) is 11.8 Å². The molecule has 1 atom stereocenters. The largest absolute Gasteiger partial charge is 0.330 e. The standard InChI is InChI=1S/C10H13N5O/c1-6(5-11)10(16)12-7-2-3-8-9(4-7)14-15-13-8/h2-4,6H,5,11H2,1H3,(H,12,16)(H,13,14,15). The Kier molecular flexibility index (Phi) is 2.82. The first-order valence-corrected chi connectivity index (χ1v) is 5.02. The first-order valence-electron chi connectivity index (χ1n) is 5.02. The summed E-state index contributed by atoms with van der Waals surface area (Å²) >= 11 is 0. The Morgan fingerprint density at radius 2 is 2.25 bits per heavy atom. The topological polar surface area (TPSA) is 96.7 Å². The molecular formula is C10H13N5O. The van der Waals surface area contributed by atoms with Gasteiger partial charge in [-0.15, -0.1) is 0 Å². The molecule has 6 heteroatoms. The van der Waals surface area contributed by atoms with E-state index in [1.165, 1.54) is 0 Å². The summed E-state index contributed by atoms with van der Waals surface area (Å²) in [5, 5.41) is 13.2. The maximum atomic E-state index is 11.6. The van der Waals surface area contributed by atoms with Crippen LogP contribution in [0.4, 0.5) is 5.69 Å². The van der Waals surface area contributed by atoms with E-state index in [9.17, 15) is 4.79 Å². The molecule has 1 heterocycles. The zero-order valence-corrected chi connectivity index (χ0v) is 8.90. The van der Waals surface area contributed by atoms with Gasteiger partial charge in [0.2, 0.25) is 5.91 Å². The summed E-state index contributed by atoms with van der Waals surface area (Å²) < 4.78 is 0. The Balaban J connectivity index is 2.17. The Bertz CT molecular complexity index is 507. The zero-order chi connectivity index (χ0) is 11.5. The highest BCUT2D eigenvalue weighted by molar-refractivity contribution is 5.94. The molecule has 84 valence electrons. The number of benzene rings is 1. The van der Waals surface area contributed by atoms with Gasteiger partial charge in [-0.05, 0) is 18.2 Å². The molecule has 1 unspecified atom stereocenters. The van der Waals surface area contributed by atoms with Crippen LogP contribution in [0.15, 0.2) is 18.2 Å². The van der Waals surface area contributed by atoms with Crippen LogP contribution in [0.1, 0.15) is 6.92 Å². The van der Waals surface area contributed by atoms with E-state index >= 15 is 0 Å². The minimum Gasteiger partial charge on any atom is -0.330 e. The van der Waals surface area contributed by atoms with Crippen LogP contribution in [0.5, 0.6) is 0 Å². The van der Waals surface area contributed by atoms with Gasteiger partial charge in [-0.2, -0.15) is 15.4 Å². The van der Waals surface area contributed by atoms with Crippen molar-refractivity contribution < 1.29 is 4.79 Å². The maximum Gasteiger partial charge on any atom is 0.228 e. The van der Waals surface area contributed by atoms with E-state index < -0.39 is 0 Å². The summed E-state index contributed by atoms with van der Waals surface area (Å²) in [5.41, 5.74) is 7.60. The van der Waals surface area contributed by atoms with Gasteiger partial charge >= 0.3 is 0 Å². The van der Waals surface area contributed by atoms with Crippen molar-refractivity contribution in [3.05, 3.63) is 18.2 Å². The van der Waals surface area contributed by atoms with Gasteiger partial charge in [0.25, 0.3) is 0 Å². The van der Waals surface area contributed by atoms with E-state index in [0.29, 0.717) is 12.2 Å². The van der Waals surface area contributed by atoms with Crippen LogP contribution in [-0.4, -0.2) is 27.9 Å². The third kappa shape index (κ3) is 2.01. The summed E-state index contributed by atoms with van der Waals surface area (Å²) in [6.45, 7) is 2.11. The van der Waals surface area contributed by atoms with Gasteiger partial charge in [-0.3, -0.25) is 4.79 Å². The number of carbonyl (C=O) groups is 1. The second kappa shape index (κ2) is 4.28. The number of carbonyl (C=O) groups excluding carboxylic acids is 1. The molecule has 0 bridgehead atoms. The molecule has 0 aliphatic heterocycles. The van der Waals surface area contributed by atoms with E-state index in [4.69, 9.17) is 5.73 Å². The van der Waals surface area contributed by atoms with Crippen LogP contribution in [0.25, 0.3) is 11.0 Å². The SMILES string of the molecule is CC(CN)C(=O)Nc1ccc2n[nH]nc2c1. The normalized spacial score (nSPS) is 12.6. The van der Waals surface area contributed by atoms with Crippen LogP contribution in [0, 0.1) is 5.92 Å². The molecule has 0 saturated carbocycles. The molecule has 0 aliphatic rings. The number of nitrogens with two attached hydrogens (primary N) is 1. The number of nitrogens with zero attached hydrogens (tertiary/aromatic N) is 2. The molecule has 2 aromatic rings. The lowest BCUT2D eigenvalue weighted by atomic mass is 10.1. The van der Waals surface area contributed by atoms with Gasteiger partial charge in [0.05, 0.1) is 0 Å². The third-order valence-corrected chi connectivity index (χ3v) is 2.38. The second-order valence-electron chi connectivity index (χ2n) is 3.65. The number of anilines is 1. The number of hydrogen-bond donors (Lipinski definition) is 3. The predicted molar refractivity (Wildman–Crippen MR) is 60.7 cm³/mol. The van der Waals surface area contributed by atoms with Gasteiger partial charge in [-0.1, -0.05) is 6.92 Å². The number of H-pyrrole nitrogens is 1. The van der Waals surface area contributed by atoms with Crippen LogP contribution in [0.2, 0.25) is 0 Å². The van der Waals surface area contributed by atoms with E-state index in [1.54, 1.807) is 25.1 Å². The van der Waals surface area contributed by atoms with Crippen molar-refractivity contribution in [2.75, 3.05) is 11.9 Å². The molecule has 16 heavy (non-hydrogen) atoms. The van der Waals surface area contributed by atoms with E-state index in [2.05, 4.69) is 20.7 Å². The first-order chi connectivity index (χ1) is 7.70. The summed E-state index contributed by atoms with van der Waals surface area (Å²) in [6, 6.07) is 5.34. The summed E-state index contributed by atoms with van der Waals surface area (Å²) in [7, 11) is 0. The van der Waals surface area contributed by atoms with Crippen LogP contribution in [0.3, 0.4) is 0 Å². The van der Waals surface area contributed by atoms with Crippen molar-refractivity contribution >= 4 is 22.6 Å². The zero-order valence-electron chi connectivity index (χ0n) is 8.90. The highest BCUT2D eigenvalue weighted by Gasteiger charge is 2.11. The average molecular weight is 219 g/mol. The summed E-state index contributed by atoms with van der Waals surface area (Å²) in [5.74, 6) is -0.293. The number of aromatic amines is 1. The second-order valence-corrected chi connectivity index (χ2v) is 3.65. The fraction of sp³-hybridized carbons (Fsp3) is 0.300. The molecule has 1 aromatic carbocycles. The number of fused-ring (bicyclic) bond motifs is 1. The predicted octanol–water partition coefficient (Wildman–Crippen LogP) is 0.491. The van der Waals surface area contributed by atoms with Gasteiger partial charge in [0, 0.05) is 18.2 Å². The van der Waals surface area contributed by atoms with Crippen molar-refractivity contribution in [1.29, 1.82) is 0 Å². The molecule has 4 N–H and O–H groups in total. The lowest BCUT2D eigenvalue weighted by Gasteiger charge is -2.09. The lowest BCUT2D eigenvalue weighted by Crippen LogP contribution is -2.26. The molecule has 0 fully saturated rings. The number of aromatic nitrogens is 3. The van der Waals surface area contributed by atoms with Crippen molar-refractivity contribution in [2.45, 2.75) is 6.92 Å². The molecular weight excluding hydrogens is 206 g/mol. The monoisotopic (exact) mass is 219 g/mol. The lowest BCUT2D eigenvalue weighted by molar-refractivity contribution is -0.119. The van der Waals surface area contributed by atoms with E-state index in [1.807, 2.05) is 0 Å². The number of rotatable bonds is 3. The minimum atomic E-state index is -0.201. The molecule has 0 aliphatic carbocycles. The maximum absolute atomic E-state index is 11.6. The number of amides is 1. The molecule has 0 saturated heterocycles. The molecule has 1 amide bonds. The minimum absolute atomic E-state index is 0.0923. The van der Waals surface area contributed by atoms with Crippen LogP contribution < -0.4 is 11.1 Å². The molecule has 0 radical (unpaired) electrons. The Morgan fingerprint density at radius 3 is 3.00 bits per heavy atom. The molecule has 2 rings (SSSR count). The van der Waals surface area contributed by atoms with Gasteiger partial charge in [0.15, 0.2) is 0 Å². The number of nitrogens with one attached hydrogen (secondary N) is 2. The highest BCUT2D eigenvalue weighted by Crippen LogP contribution is 2.15. The molecule has 6 nitrogen and oxygen atoms in total. The third-order valence-electron chi connectivity index (χ3n) is 2.38. The van der Waals surface area contributed by atoms with Crippen LogP contribution >= 0.6 is 0 Å². The quantitative estimate of drug-likeness (QED) is 0.700. The molecule has 0 spiro atoms. The summed E-state index contributed by atoms with van der Waals surface area (Å²) in [6.07, 6.45) is 0. The van der Waals surface area contributed by atoms with Gasteiger partial charge in [-0.25, -0.2) is 0 Å². The van der Waals surface area contributed by atoms with Gasteiger partial charge < -0.3 is 11.1 Å². The Hall–Kier alpha value is -1.95. The van der Waals surface area contributed by atoms with E-state index in [0.717, 1.165) is 11.0 Å². The highest BCUT2D eigenvalue weighted by atomic mass is 16.1. The fourth-order valence-corrected chi connectivity index (χ4v) is 1.29. The van der Waals surface area contributed by atoms with Crippen molar-refractivity contribution in [3.8, 4) is 0 Å². The van der Waals surface area contributed by atoms with Crippen molar-refractivity contribution in [1.82, 2.24) is 15.4 Å². The van der Waals surface area contributed by atoms with Crippen LogP contribution in [-0.2, 0) is 4.79 Å². The van der Waals surface area contributed by atoms with Crippen molar-refractivity contribution in [3.63, 3.8) is 0 Å². The smallest absolute Gasteiger partial charge is 0.228 e. The van der Waals surface area contributed by atoms with Crippen molar-refractivity contribution in [2.24, 2.45) is 11.7 Å². The average Bonchev–Trinajstić information content (AvgIpc) is 2.75. The summed E-state index contributed by atoms with van der Waals surface area (Å²) in [4.78, 5) is 11.6. The Morgan fingerprint density at radius 1 is 1.50 bits per heavy atom. The first kappa shape index (κ1) is 10.6. The Labute approximate surface area is 92.2 Å². The fourth-order valence-electron chi connectivity index (χ4n) is 1.29. The molecule has 1 aromatic heterocycles.